The minimum absolute atomic E-state index is 0.00617. The van der Waals surface area contributed by atoms with E-state index in [0.717, 1.165) is 46.1 Å². The number of halogens is 1. The van der Waals surface area contributed by atoms with Crippen LogP contribution in [0.25, 0.3) is 10.9 Å². The number of aryl methyl sites for hydroxylation is 2. The molecule has 0 unspecified atom stereocenters. The lowest BCUT2D eigenvalue weighted by Crippen LogP contribution is -2.33. The maximum Gasteiger partial charge on any atom is 0.224 e. The van der Waals surface area contributed by atoms with Crippen LogP contribution >= 0.6 is 0 Å². The van der Waals surface area contributed by atoms with Crippen molar-refractivity contribution in [2.75, 3.05) is 6.54 Å². The molecule has 1 fully saturated rings. The monoisotopic (exact) mass is 362 g/mol. The number of carbonyl (C=O) groups is 1. The van der Waals surface area contributed by atoms with Gasteiger partial charge in [-0.25, -0.2) is 4.39 Å². The molecule has 0 bridgehead atoms. The third-order valence-electron chi connectivity index (χ3n) is 5.76. The summed E-state index contributed by atoms with van der Waals surface area (Å²) in [6.45, 7) is 4.61. The first kappa shape index (κ1) is 17.7. The van der Waals surface area contributed by atoms with Crippen LogP contribution in [-0.2, 0) is 16.6 Å². The highest BCUT2D eigenvalue weighted by Crippen LogP contribution is 2.47. The minimum atomic E-state index is -0.228. The van der Waals surface area contributed by atoms with Crippen molar-refractivity contribution in [2.24, 2.45) is 0 Å². The van der Waals surface area contributed by atoms with Gasteiger partial charge in [0.05, 0.1) is 11.9 Å². The molecule has 1 saturated carbocycles. The Hall–Kier alpha value is -2.75. The molecule has 3 aromatic rings. The Labute approximate surface area is 158 Å². The highest BCUT2D eigenvalue weighted by atomic mass is 19.1. The zero-order valence-electron chi connectivity index (χ0n) is 15.7. The van der Waals surface area contributed by atoms with E-state index in [4.69, 9.17) is 0 Å². The summed E-state index contributed by atoms with van der Waals surface area (Å²) in [6.07, 6.45) is 2.37. The number of hydrogen-bond acceptors (Lipinski definition) is 2. The van der Waals surface area contributed by atoms with E-state index in [0.29, 0.717) is 13.0 Å². The van der Waals surface area contributed by atoms with Crippen LogP contribution in [0.1, 0.15) is 35.2 Å². The number of hydrogen-bond donors (Lipinski definition) is 1. The molecule has 0 radical (unpaired) electrons. The Morgan fingerprint density at radius 1 is 1.11 bits per heavy atom. The summed E-state index contributed by atoms with van der Waals surface area (Å²) in [6, 6.07) is 14.7. The molecule has 4 heteroatoms. The Morgan fingerprint density at radius 3 is 2.52 bits per heavy atom. The molecule has 1 N–H and O–H groups in total. The fourth-order valence-electron chi connectivity index (χ4n) is 3.84. The van der Waals surface area contributed by atoms with Crippen LogP contribution in [0.2, 0.25) is 0 Å². The summed E-state index contributed by atoms with van der Waals surface area (Å²) in [5.41, 5.74) is 5.05. The maximum absolute atomic E-state index is 13.2. The van der Waals surface area contributed by atoms with E-state index in [2.05, 4.69) is 17.2 Å². The number of nitrogens with zero attached hydrogens (tertiary/aromatic N) is 1. The van der Waals surface area contributed by atoms with E-state index in [-0.39, 0.29) is 17.1 Å². The fourth-order valence-corrected chi connectivity index (χ4v) is 3.84. The van der Waals surface area contributed by atoms with Crippen molar-refractivity contribution in [1.29, 1.82) is 0 Å². The van der Waals surface area contributed by atoms with Crippen LogP contribution in [0.15, 0.2) is 48.5 Å². The Morgan fingerprint density at radius 2 is 1.81 bits per heavy atom. The van der Waals surface area contributed by atoms with Crippen LogP contribution < -0.4 is 5.32 Å². The number of benzene rings is 2. The van der Waals surface area contributed by atoms with Gasteiger partial charge < -0.3 is 5.32 Å². The van der Waals surface area contributed by atoms with E-state index in [1.54, 1.807) is 0 Å². The maximum atomic E-state index is 13.2. The van der Waals surface area contributed by atoms with Crippen LogP contribution in [0.4, 0.5) is 4.39 Å². The lowest BCUT2D eigenvalue weighted by Gasteiger charge is -2.18. The number of para-hydroxylation sites is 1. The van der Waals surface area contributed by atoms with Crippen LogP contribution in [0.5, 0.6) is 0 Å². The molecule has 27 heavy (non-hydrogen) atoms. The van der Waals surface area contributed by atoms with Crippen molar-refractivity contribution in [1.82, 2.24) is 10.3 Å². The van der Waals surface area contributed by atoms with Gasteiger partial charge in [-0.05, 0) is 61.6 Å². The zero-order valence-corrected chi connectivity index (χ0v) is 15.7. The second kappa shape index (κ2) is 6.76. The van der Waals surface area contributed by atoms with E-state index >= 15 is 0 Å². The molecule has 3 nitrogen and oxygen atoms in total. The van der Waals surface area contributed by atoms with E-state index in [9.17, 15) is 9.18 Å². The van der Waals surface area contributed by atoms with Gasteiger partial charge in [0, 0.05) is 23.0 Å². The standard InChI is InChI=1S/C23H23FN2O/c1-15-19-5-3-4-6-21(19)26-16(2)20(15)13-22(27)25-14-23(11-12-23)17-7-9-18(24)10-8-17/h3-10H,11-14H2,1-2H3,(H,25,27). The number of amides is 1. The molecule has 0 spiro atoms. The van der Waals surface area contributed by atoms with Crippen LogP contribution in [0, 0.1) is 19.7 Å². The predicted molar refractivity (Wildman–Crippen MR) is 105 cm³/mol. The first-order valence-corrected chi connectivity index (χ1v) is 9.36. The summed E-state index contributed by atoms with van der Waals surface area (Å²) in [4.78, 5) is 17.3. The third kappa shape index (κ3) is 3.44. The highest BCUT2D eigenvalue weighted by Gasteiger charge is 2.44. The van der Waals surface area contributed by atoms with E-state index < -0.39 is 0 Å². The minimum Gasteiger partial charge on any atom is -0.355 e. The van der Waals surface area contributed by atoms with Crippen molar-refractivity contribution < 1.29 is 9.18 Å². The van der Waals surface area contributed by atoms with E-state index in [1.807, 2.05) is 43.3 Å². The third-order valence-corrected chi connectivity index (χ3v) is 5.76. The lowest BCUT2D eigenvalue weighted by molar-refractivity contribution is -0.120. The van der Waals surface area contributed by atoms with Gasteiger partial charge in [0.15, 0.2) is 0 Å². The molecule has 0 atom stereocenters. The molecule has 0 aliphatic heterocycles. The van der Waals surface area contributed by atoms with Crippen molar-refractivity contribution in [3.63, 3.8) is 0 Å². The summed E-state index contributed by atoms with van der Waals surface area (Å²) in [7, 11) is 0. The summed E-state index contributed by atoms with van der Waals surface area (Å²) in [5, 5.41) is 4.18. The molecular weight excluding hydrogens is 339 g/mol. The van der Waals surface area contributed by atoms with Gasteiger partial charge in [0.1, 0.15) is 5.82 Å². The Bertz CT molecular complexity index is 1010. The second-order valence-corrected chi connectivity index (χ2v) is 7.56. The highest BCUT2D eigenvalue weighted by molar-refractivity contribution is 5.86. The number of pyridine rings is 1. The zero-order chi connectivity index (χ0) is 19.0. The van der Waals surface area contributed by atoms with Gasteiger partial charge in [-0.2, -0.15) is 0 Å². The average Bonchev–Trinajstić information content (AvgIpc) is 3.45. The Kier molecular flexibility index (Phi) is 4.42. The number of fused-ring (bicyclic) bond motifs is 1. The molecule has 1 aromatic heterocycles. The quantitative estimate of drug-likeness (QED) is 0.732. The molecule has 2 aromatic carbocycles. The summed E-state index contributed by atoms with van der Waals surface area (Å²) in [5.74, 6) is -0.222. The van der Waals surface area contributed by atoms with Crippen molar-refractivity contribution in [3.05, 3.63) is 76.7 Å². The molecule has 1 amide bonds. The molecule has 138 valence electrons. The molecule has 0 saturated heterocycles. The van der Waals surface area contributed by atoms with Gasteiger partial charge in [-0.3, -0.25) is 9.78 Å². The number of carbonyl (C=O) groups excluding carboxylic acids is 1. The molecule has 4 rings (SSSR count). The molecule has 1 heterocycles. The second-order valence-electron chi connectivity index (χ2n) is 7.56. The van der Waals surface area contributed by atoms with Crippen molar-refractivity contribution in [3.8, 4) is 0 Å². The normalized spacial score (nSPS) is 14.9. The summed E-state index contributed by atoms with van der Waals surface area (Å²) < 4.78 is 13.2. The average molecular weight is 362 g/mol. The predicted octanol–water partition coefficient (Wildman–Crippen LogP) is 4.38. The topological polar surface area (TPSA) is 42.0 Å². The number of aromatic nitrogens is 1. The Balaban J connectivity index is 1.47. The number of rotatable bonds is 5. The van der Waals surface area contributed by atoms with Crippen LogP contribution in [0.3, 0.4) is 0 Å². The molecular formula is C23H23FN2O. The lowest BCUT2D eigenvalue weighted by atomic mass is 9.95. The SMILES string of the molecule is Cc1nc2ccccc2c(C)c1CC(=O)NCC1(c2ccc(F)cc2)CC1. The molecule has 1 aliphatic carbocycles. The smallest absolute Gasteiger partial charge is 0.224 e. The van der Waals surface area contributed by atoms with Crippen molar-refractivity contribution in [2.45, 2.75) is 38.5 Å². The van der Waals surface area contributed by atoms with Gasteiger partial charge >= 0.3 is 0 Å². The number of nitrogens with one attached hydrogen (secondary N) is 1. The first-order valence-electron chi connectivity index (χ1n) is 9.36. The fraction of sp³-hybridized carbons (Fsp3) is 0.304. The van der Waals surface area contributed by atoms with Gasteiger partial charge in [0.2, 0.25) is 5.91 Å². The van der Waals surface area contributed by atoms with Crippen molar-refractivity contribution >= 4 is 16.8 Å². The van der Waals surface area contributed by atoms with Gasteiger partial charge in [0.25, 0.3) is 0 Å². The summed E-state index contributed by atoms with van der Waals surface area (Å²) >= 11 is 0. The van der Waals surface area contributed by atoms with Gasteiger partial charge in [-0.1, -0.05) is 30.3 Å². The molecule has 1 aliphatic rings. The van der Waals surface area contributed by atoms with E-state index in [1.165, 1.54) is 12.1 Å². The largest absolute Gasteiger partial charge is 0.355 e. The van der Waals surface area contributed by atoms with Gasteiger partial charge in [-0.15, -0.1) is 0 Å². The first-order chi connectivity index (χ1) is 13.0. The van der Waals surface area contributed by atoms with Crippen LogP contribution in [-0.4, -0.2) is 17.4 Å².